The first-order valence-electron chi connectivity index (χ1n) is 9.20. The minimum absolute atomic E-state index is 0.0327. The molecule has 1 saturated carbocycles. The van der Waals surface area contributed by atoms with Gasteiger partial charge < -0.3 is 5.11 Å². The van der Waals surface area contributed by atoms with Gasteiger partial charge in [-0.15, -0.1) is 0 Å². The molecule has 23 heavy (non-hydrogen) atoms. The first kappa shape index (κ1) is 19.7. The van der Waals surface area contributed by atoms with Crippen LogP contribution in [-0.2, 0) is 9.59 Å². The Labute approximate surface area is 139 Å². The maximum atomic E-state index is 11.7. The largest absolute Gasteiger partial charge is 0.481 e. The van der Waals surface area contributed by atoms with Gasteiger partial charge in [0.2, 0.25) is 5.91 Å². The van der Waals surface area contributed by atoms with E-state index in [1.54, 1.807) is 0 Å². The zero-order valence-electron chi connectivity index (χ0n) is 14.5. The van der Waals surface area contributed by atoms with Gasteiger partial charge in [-0.3, -0.25) is 9.59 Å². The van der Waals surface area contributed by atoms with Crippen molar-refractivity contribution in [3.8, 4) is 0 Å². The molecule has 0 radical (unpaired) electrons. The van der Waals surface area contributed by atoms with Crippen LogP contribution in [0.1, 0.15) is 90.4 Å². The predicted octanol–water partition coefficient (Wildman–Crippen LogP) is 4.26. The Kier molecular flexibility index (Phi) is 10.3. The maximum absolute atomic E-state index is 11.7. The van der Waals surface area contributed by atoms with E-state index in [4.69, 9.17) is 5.11 Å². The number of aliphatic carboxylic acids is 1. The number of carbonyl (C=O) groups is 2. The van der Waals surface area contributed by atoms with E-state index in [2.05, 4.69) is 17.5 Å². The van der Waals surface area contributed by atoms with E-state index in [0.717, 1.165) is 69.9 Å². The quantitative estimate of drug-likeness (QED) is 0.416. The minimum Gasteiger partial charge on any atom is -0.481 e. The van der Waals surface area contributed by atoms with Gasteiger partial charge in [0, 0.05) is 18.6 Å². The lowest BCUT2D eigenvalue weighted by atomic mass is 9.98. The first-order valence-corrected chi connectivity index (χ1v) is 9.20. The normalized spacial score (nSPS) is 19.2. The monoisotopic (exact) mass is 324 g/mol. The van der Waals surface area contributed by atoms with Crippen LogP contribution in [0.4, 0.5) is 0 Å². The molecule has 0 aromatic rings. The van der Waals surface area contributed by atoms with Crippen molar-refractivity contribution in [2.24, 2.45) is 11.0 Å². The van der Waals surface area contributed by atoms with Crippen molar-refractivity contribution in [1.29, 1.82) is 0 Å². The number of carbonyl (C=O) groups excluding carboxylic acids is 1. The van der Waals surface area contributed by atoms with E-state index >= 15 is 0 Å². The Morgan fingerprint density at radius 2 is 1.87 bits per heavy atom. The van der Waals surface area contributed by atoms with Crippen LogP contribution < -0.4 is 5.43 Å². The Balaban J connectivity index is 2.18. The van der Waals surface area contributed by atoms with Gasteiger partial charge in [-0.05, 0) is 44.4 Å². The molecule has 1 fully saturated rings. The van der Waals surface area contributed by atoms with E-state index < -0.39 is 5.97 Å². The molecule has 132 valence electrons. The molecule has 5 heteroatoms. The molecule has 5 nitrogen and oxygen atoms in total. The van der Waals surface area contributed by atoms with Crippen molar-refractivity contribution in [3.63, 3.8) is 0 Å². The van der Waals surface area contributed by atoms with Gasteiger partial charge in [0.25, 0.3) is 0 Å². The number of carboxylic acids is 1. The minimum atomic E-state index is -0.704. The summed E-state index contributed by atoms with van der Waals surface area (Å²) in [5, 5.41) is 13.0. The van der Waals surface area contributed by atoms with E-state index in [-0.39, 0.29) is 12.3 Å². The lowest BCUT2D eigenvalue weighted by molar-refractivity contribution is -0.137. The summed E-state index contributed by atoms with van der Waals surface area (Å²) in [6, 6.07) is 0. The van der Waals surface area contributed by atoms with Crippen molar-refractivity contribution in [2.45, 2.75) is 90.4 Å². The second kappa shape index (κ2) is 12.1. The van der Waals surface area contributed by atoms with Crippen molar-refractivity contribution >= 4 is 17.6 Å². The molecule has 2 N–H and O–H groups in total. The van der Waals surface area contributed by atoms with Gasteiger partial charge in [0.1, 0.15) is 0 Å². The Hall–Kier alpha value is -1.39. The molecule has 0 saturated heterocycles. The fourth-order valence-corrected chi connectivity index (χ4v) is 3.10. The van der Waals surface area contributed by atoms with E-state index in [9.17, 15) is 9.59 Å². The summed E-state index contributed by atoms with van der Waals surface area (Å²) >= 11 is 0. The Morgan fingerprint density at radius 1 is 1.13 bits per heavy atom. The summed E-state index contributed by atoms with van der Waals surface area (Å²) in [7, 11) is 0. The zero-order valence-corrected chi connectivity index (χ0v) is 14.5. The Morgan fingerprint density at radius 3 is 2.61 bits per heavy atom. The highest BCUT2D eigenvalue weighted by atomic mass is 16.4. The molecular formula is C18H32N2O3. The van der Waals surface area contributed by atoms with E-state index in [1.165, 1.54) is 6.42 Å². The van der Waals surface area contributed by atoms with Crippen LogP contribution in [0.15, 0.2) is 5.10 Å². The number of amides is 1. The highest BCUT2D eigenvalue weighted by molar-refractivity contribution is 5.89. The summed E-state index contributed by atoms with van der Waals surface area (Å²) < 4.78 is 0. The molecule has 1 aliphatic carbocycles. The summed E-state index contributed by atoms with van der Waals surface area (Å²) in [4.78, 5) is 22.1. The van der Waals surface area contributed by atoms with Gasteiger partial charge in [-0.1, -0.05) is 39.0 Å². The molecule has 0 aliphatic heterocycles. The smallest absolute Gasteiger partial charge is 0.303 e. The number of carboxylic acid groups (broad SMARTS) is 1. The summed E-state index contributed by atoms with van der Waals surface area (Å²) in [6.07, 6.45) is 12.4. The first-order chi connectivity index (χ1) is 11.1. The summed E-state index contributed by atoms with van der Waals surface area (Å²) in [5.74, 6) is -0.166. The zero-order chi connectivity index (χ0) is 16.9. The number of hydrazone groups is 1. The van der Waals surface area contributed by atoms with E-state index in [1.807, 2.05) is 0 Å². The third-order valence-electron chi connectivity index (χ3n) is 4.48. The van der Waals surface area contributed by atoms with Crippen LogP contribution in [0, 0.1) is 5.92 Å². The van der Waals surface area contributed by atoms with Crippen molar-refractivity contribution in [2.75, 3.05) is 0 Å². The molecule has 0 unspecified atom stereocenters. The molecule has 0 heterocycles. The van der Waals surface area contributed by atoms with Crippen LogP contribution in [0.2, 0.25) is 0 Å². The predicted molar refractivity (Wildman–Crippen MR) is 92.4 cm³/mol. The molecule has 0 bridgehead atoms. The van der Waals surface area contributed by atoms with Gasteiger partial charge >= 0.3 is 5.97 Å². The SMILES string of the molecule is CCCCCC(=O)N/N=C1\CCC[C@H]1CCCCCCC(=O)O. The van der Waals surface area contributed by atoms with Gasteiger partial charge in [0.15, 0.2) is 0 Å². The average molecular weight is 324 g/mol. The number of unbranched alkanes of at least 4 members (excludes halogenated alkanes) is 5. The molecule has 1 rings (SSSR count). The molecule has 0 aromatic heterocycles. The summed E-state index contributed by atoms with van der Waals surface area (Å²) in [5.41, 5.74) is 3.87. The van der Waals surface area contributed by atoms with Crippen molar-refractivity contribution in [1.82, 2.24) is 5.43 Å². The average Bonchev–Trinajstić information content (AvgIpc) is 2.96. The molecule has 0 spiro atoms. The highest BCUT2D eigenvalue weighted by Crippen LogP contribution is 2.27. The van der Waals surface area contributed by atoms with Gasteiger partial charge in [0.05, 0.1) is 0 Å². The third-order valence-corrected chi connectivity index (χ3v) is 4.48. The molecule has 1 amide bonds. The maximum Gasteiger partial charge on any atom is 0.303 e. The van der Waals surface area contributed by atoms with Crippen molar-refractivity contribution in [3.05, 3.63) is 0 Å². The van der Waals surface area contributed by atoms with E-state index in [0.29, 0.717) is 12.3 Å². The molecular weight excluding hydrogens is 292 g/mol. The molecule has 1 aliphatic rings. The molecule has 0 aromatic carbocycles. The summed E-state index contributed by atoms with van der Waals surface area (Å²) in [6.45, 7) is 2.13. The second-order valence-electron chi connectivity index (χ2n) is 6.53. The van der Waals surface area contributed by atoms with Crippen LogP contribution in [-0.4, -0.2) is 22.7 Å². The Bertz CT molecular complexity index is 394. The van der Waals surface area contributed by atoms with Crippen LogP contribution in [0.3, 0.4) is 0 Å². The standard InChI is InChI=1S/C18H32N2O3/c1-2-3-6-13-17(21)20-19-16-12-9-11-15(16)10-7-4-5-8-14-18(22)23/h15H,2-14H2,1H3,(H,20,21)(H,22,23)/b19-16+/t15-/m1/s1. The van der Waals surface area contributed by atoms with Gasteiger partial charge in [-0.2, -0.15) is 5.10 Å². The number of hydrogen-bond acceptors (Lipinski definition) is 3. The lowest BCUT2D eigenvalue weighted by Crippen LogP contribution is -2.20. The number of rotatable bonds is 12. The number of nitrogens with one attached hydrogen (secondary N) is 1. The lowest BCUT2D eigenvalue weighted by Gasteiger charge is -2.11. The van der Waals surface area contributed by atoms with Crippen LogP contribution in [0.5, 0.6) is 0 Å². The third kappa shape index (κ3) is 9.36. The number of hydrogen-bond donors (Lipinski definition) is 2. The number of nitrogens with zero attached hydrogens (tertiary/aromatic N) is 1. The topological polar surface area (TPSA) is 78.8 Å². The van der Waals surface area contributed by atoms with Crippen LogP contribution >= 0.6 is 0 Å². The molecule has 1 atom stereocenters. The fraction of sp³-hybridized carbons (Fsp3) is 0.833. The second-order valence-corrected chi connectivity index (χ2v) is 6.53. The van der Waals surface area contributed by atoms with Crippen molar-refractivity contribution < 1.29 is 14.7 Å². The highest BCUT2D eigenvalue weighted by Gasteiger charge is 2.22. The van der Waals surface area contributed by atoms with Crippen LogP contribution in [0.25, 0.3) is 0 Å². The fourth-order valence-electron chi connectivity index (χ4n) is 3.10. The van der Waals surface area contributed by atoms with Gasteiger partial charge in [-0.25, -0.2) is 5.43 Å².